The van der Waals surface area contributed by atoms with Crippen molar-refractivity contribution in [2.45, 2.75) is 43.8 Å². The molecule has 1 fully saturated rings. The minimum atomic E-state index is 0.174. The van der Waals surface area contributed by atoms with Crippen molar-refractivity contribution in [2.75, 3.05) is 12.3 Å². The van der Waals surface area contributed by atoms with E-state index in [1.165, 1.54) is 25.0 Å². The third kappa shape index (κ3) is 5.91. The minimum Gasteiger partial charge on any atom is -0.356 e. The molecule has 1 atom stereocenters. The van der Waals surface area contributed by atoms with Gasteiger partial charge in [0.05, 0.1) is 6.33 Å². The Bertz CT molecular complexity index is 364. The third-order valence-corrected chi connectivity index (χ3v) is 6.19. The van der Waals surface area contributed by atoms with Crippen LogP contribution in [0.3, 0.4) is 0 Å². The lowest BCUT2D eigenvalue weighted by molar-refractivity contribution is -0.121. The van der Waals surface area contributed by atoms with E-state index in [1.54, 1.807) is 12.5 Å². The lowest BCUT2D eigenvalue weighted by Crippen LogP contribution is -2.25. The SMILES string of the molecule is O=C(CCCC[C@H]1CCSS1)NCCc1cnc[nH]1. The molecule has 0 bridgehead atoms. The number of nitrogens with zero attached hydrogens (tertiary/aromatic N) is 1. The van der Waals surface area contributed by atoms with Gasteiger partial charge in [0, 0.05) is 42.3 Å². The number of hydrogen-bond donors (Lipinski definition) is 2. The number of amides is 1. The Labute approximate surface area is 122 Å². The van der Waals surface area contributed by atoms with Crippen molar-refractivity contribution in [1.82, 2.24) is 15.3 Å². The van der Waals surface area contributed by atoms with Crippen LogP contribution in [-0.2, 0) is 11.2 Å². The van der Waals surface area contributed by atoms with Gasteiger partial charge in [0.25, 0.3) is 0 Å². The quantitative estimate of drug-likeness (QED) is 0.572. The fraction of sp³-hybridized carbons (Fsp3) is 0.692. The van der Waals surface area contributed by atoms with Crippen molar-refractivity contribution < 1.29 is 4.79 Å². The zero-order valence-corrected chi connectivity index (χ0v) is 12.7. The largest absolute Gasteiger partial charge is 0.356 e. The van der Waals surface area contributed by atoms with E-state index in [-0.39, 0.29) is 5.91 Å². The second-order valence-electron chi connectivity index (χ2n) is 4.75. The zero-order chi connectivity index (χ0) is 13.3. The van der Waals surface area contributed by atoms with Crippen LogP contribution in [0.5, 0.6) is 0 Å². The standard InChI is InChI=1S/C13H21N3OS2/c17-13(15-7-5-11-9-14-10-16-11)4-2-1-3-12-6-8-18-19-12/h9-10,12H,1-8H2,(H,14,16)(H,15,17)/t12-/m0/s1. The average Bonchev–Trinajstić information content (AvgIpc) is 3.07. The first-order valence-corrected chi connectivity index (χ1v) is 9.25. The van der Waals surface area contributed by atoms with E-state index in [0.717, 1.165) is 23.8 Å². The monoisotopic (exact) mass is 299 g/mol. The Balaban J connectivity index is 1.45. The van der Waals surface area contributed by atoms with Gasteiger partial charge in [0.1, 0.15) is 0 Å². The molecule has 0 spiro atoms. The van der Waals surface area contributed by atoms with Crippen LogP contribution >= 0.6 is 21.6 Å². The Morgan fingerprint density at radius 1 is 1.53 bits per heavy atom. The number of unbranched alkanes of at least 4 members (excludes halogenated alkanes) is 1. The van der Waals surface area contributed by atoms with Crippen molar-refractivity contribution in [2.24, 2.45) is 0 Å². The Morgan fingerprint density at radius 3 is 3.21 bits per heavy atom. The lowest BCUT2D eigenvalue weighted by atomic mass is 10.1. The number of imidazole rings is 1. The molecule has 4 nitrogen and oxygen atoms in total. The number of rotatable bonds is 8. The minimum absolute atomic E-state index is 0.174. The molecule has 2 N–H and O–H groups in total. The van der Waals surface area contributed by atoms with E-state index in [4.69, 9.17) is 0 Å². The van der Waals surface area contributed by atoms with Crippen LogP contribution in [0.4, 0.5) is 0 Å². The molecule has 0 radical (unpaired) electrons. The molecule has 0 aromatic carbocycles. The number of hydrogen-bond acceptors (Lipinski definition) is 4. The van der Waals surface area contributed by atoms with Crippen molar-refractivity contribution in [3.63, 3.8) is 0 Å². The van der Waals surface area contributed by atoms with Crippen molar-refractivity contribution in [1.29, 1.82) is 0 Å². The highest BCUT2D eigenvalue weighted by molar-refractivity contribution is 8.77. The predicted molar refractivity (Wildman–Crippen MR) is 82.2 cm³/mol. The Hall–Kier alpha value is -0.620. The average molecular weight is 299 g/mol. The van der Waals surface area contributed by atoms with Gasteiger partial charge in [-0.2, -0.15) is 0 Å². The maximum atomic E-state index is 11.6. The molecule has 0 unspecified atom stereocenters. The smallest absolute Gasteiger partial charge is 0.220 e. The van der Waals surface area contributed by atoms with Crippen LogP contribution in [0.15, 0.2) is 12.5 Å². The summed E-state index contributed by atoms with van der Waals surface area (Å²) in [5.41, 5.74) is 1.07. The predicted octanol–water partition coefficient (Wildman–Crippen LogP) is 2.78. The Kier molecular flexibility index (Phi) is 6.64. The van der Waals surface area contributed by atoms with Gasteiger partial charge >= 0.3 is 0 Å². The van der Waals surface area contributed by atoms with Gasteiger partial charge in [0.2, 0.25) is 5.91 Å². The molecule has 2 rings (SSSR count). The molecule has 1 aliphatic rings. The first-order valence-electron chi connectivity index (χ1n) is 6.87. The molecule has 2 heterocycles. The molecule has 106 valence electrons. The van der Waals surface area contributed by atoms with E-state index in [0.29, 0.717) is 13.0 Å². The summed E-state index contributed by atoms with van der Waals surface area (Å²) in [6.07, 6.45) is 9.73. The van der Waals surface area contributed by atoms with Crippen LogP contribution in [-0.4, -0.2) is 33.4 Å². The van der Waals surface area contributed by atoms with Gasteiger partial charge in [-0.3, -0.25) is 4.79 Å². The molecule has 1 aromatic rings. The number of H-pyrrole nitrogens is 1. The number of aromatic nitrogens is 2. The van der Waals surface area contributed by atoms with Gasteiger partial charge in [-0.1, -0.05) is 28.0 Å². The second kappa shape index (κ2) is 8.53. The number of carbonyl (C=O) groups excluding carboxylic acids is 1. The summed E-state index contributed by atoms with van der Waals surface area (Å²) in [5, 5.41) is 3.78. The third-order valence-electron chi connectivity index (χ3n) is 3.18. The molecule has 1 aliphatic heterocycles. The molecule has 1 amide bonds. The fourth-order valence-electron chi connectivity index (χ4n) is 2.07. The molecule has 1 saturated heterocycles. The van der Waals surface area contributed by atoms with Gasteiger partial charge in [-0.15, -0.1) is 0 Å². The van der Waals surface area contributed by atoms with Crippen LogP contribution in [0.25, 0.3) is 0 Å². The maximum Gasteiger partial charge on any atom is 0.220 e. The molecule has 19 heavy (non-hydrogen) atoms. The first kappa shape index (κ1) is 14.8. The van der Waals surface area contributed by atoms with Gasteiger partial charge < -0.3 is 10.3 Å². The van der Waals surface area contributed by atoms with E-state index in [1.807, 2.05) is 21.6 Å². The molecule has 6 heteroatoms. The van der Waals surface area contributed by atoms with Crippen molar-refractivity contribution >= 4 is 27.5 Å². The van der Waals surface area contributed by atoms with Crippen LogP contribution in [0, 0.1) is 0 Å². The highest BCUT2D eigenvalue weighted by atomic mass is 33.1. The fourth-order valence-corrected chi connectivity index (χ4v) is 5.10. The van der Waals surface area contributed by atoms with Gasteiger partial charge in [0.15, 0.2) is 0 Å². The highest BCUT2D eigenvalue weighted by Crippen LogP contribution is 2.39. The topological polar surface area (TPSA) is 57.8 Å². The zero-order valence-electron chi connectivity index (χ0n) is 11.1. The number of nitrogens with one attached hydrogen (secondary N) is 2. The summed E-state index contributed by atoms with van der Waals surface area (Å²) in [4.78, 5) is 18.6. The first-order chi connectivity index (χ1) is 9.34. The molecular formula is C13H21N3OS2. The summed E-state index contributed by atoms with van der Waals surface area (Å²) >= 11 is 0. The van der Waals surface area contributed by atoms with E-state index < -0.39 is 0 Å². The van der Waals surface area contributed by atoms with E-state index >= 15 is 0 Å². The van der Waals surface area contributed by atoms with Crippen LogP contribution < -0.4 is 5.32 Å². The van der Waals surface area contributed by atoms with Crippen LogP contribution in [0.2, 0.25) is 0 Å². The van der Waals surface area contributed by atoms with Gasteiger partial charge in [-0.05, 0) is 19.3 Å². The Morgan fingerprint density at radius 2 is 2.47 bits per heavy atom. The molecule has 1 aromatic heterocycles. The van der Waals surface area contributed by atoms with Crippen molar-refractivity contribution in [3.8, 4) is 0 Å². The summed E-state index contributed by atoms with van der Waals surface area (Å²) in [7, 11) is 4.01. The summed E-state index contributed by atoms with van der Waals surface area (Å²) < 4.78 is 0. The van der Waals surface area contributed by atoms with Gasteiger partial charge in [-0.25, -0.2) is 4.98 Å². The summed E-state index contributed by atoms with van der Waals surface area (Å²) in [6, 6.07) is 0. The number of aromatic amines is 1. The summed E-state index contributed by atoms with van der Waals surface area (Å²) in [6.45, 7) is 0.691. The second-order valence-corrected chi connectivity index (χ2v) is 7.54. The lowest BCUT2D eigenvalue weighted by Gasteiger charge is -2.07. The highest BCUT2D eigenvalue weighted by Gasteiger charge is 2.15. The summed E-state index contributed by atoms with van der Waals surface area (Å²) in [5.74, 6) is 1.47. The molecular weight excluding hydrogens is 278 g/mol. The normalized spacial score (nSPS) is 18.6. The van der Waals surface area contributed by atoms with E-state index in [2.05, 4.69) is 15.3 Å². The number of carbonyl (C=O) groups is 1. The molecule has 0 saturated carbocycles. The van der Waals surface area contributed by atoms with Crippen molar-refractivity contribution in [3.05, 3.63) is 18.2 Å². The van der Waals surface area contributed by atoms with E-state index in [9.17, 15) is 4.79 Å². The maximum absolute atomic E-state index is 11.6. The molecule has 0 aliphatic carbocycles. The van der Waals surface area contributed by atoms with Crippen LogP contribution in [0.1, 0.15) is 37.8 Å².